The molecule has 13 heavy (non-hydrogen) atoms. The minimum Gasteiger partial charge on any atom is -0.411 e. The number of halogens is 1. The zero-order valence-corrected chi connectivity index (χ0v) is 8.82. The summed E-state index contributed by atoms with van der Waals surface area (Å²) >= 11 is 3.31. The molecule has 1 aromatic carbocycles. The van der Waals surface area contributed by atoms with Gasteiger partial charge in [0.05, 0.1) is 5.71 Å². The van der Waals surface area contributed by atoms with Gasteiger partial charge in [-0.25, -0.2) is 0 Å². The van der Waals surface area contributed by atoms with Crippen LogP contribution in [0.3, 0.4) is 0 Å². The van der Waals surface area contributed by atoms with Crippen LogP contribution in [0.1, 0.15) is 12.5 Å². The molecule has 0 aromatic heterocycles. The number of hydrogen-bond acceptors (Lipinski definition) is 2. The number of oxime groups is 1. The first-order valence-corrected chi connectivity index (χ1v) is 4.64. The summed E-state index contributed by atoms with van der Waals surface area (Å²) in [6, 6.07) is 9.82. The minimum atomic E-state index is 0.559. The molecule has 0 saturated heterocycles. The van der Waals surface area contributed by atoms with Crippen molar-refractivity contribution in [2.75, 3.05) is 0 Å². The van der Waals surface area contributed by atoms with Crippen LogP contribution in [0.2, 0.25) is 0 Å². The molecule has 0 fully saturated rings. The molecular weight excluding hydrogens is 230 g/mol. The lowest BCUT2D eigenvalue weighted by Crippen LogP contribution is -1.89. The van der Waals surface area contributed by atoms with E-state index < -0.39 is 0 Å². The average molecular weight is 240 g/mol. The van der Waals surface area contributed by atoms with Crippen LogP contribution in [0, 0.1) is 0 Å². The van der Waals surface area contributed by atoms with E-state index in [4.69, 9.17) is 5.21 Å². The minimum absolute atomic E-state index is 0.559. The fraction of sp³-hybridized carbons (Fsp3) is 0.100. The first kappa shape index (κ1) is 9.99. The fourth-order valence-electron chi connectivity index (χ4n) is 0.848. The van der Waals surface area contributed by atoms with Gasteiger partial charge >= 0.3 is 0 Å². The zero-order chi connectivity index (χ0) is 9.68. The normalized spacial score (nSPS) is 13.1. The Hall–Kier alpha value is -1.09. The molecule has 2 nitrogen and oxygen atoms in total. The van der Waals surface area contributed by atoms with Gasteiger partial charge in [0.1, 0.15) is 0 Å². The Morgan fingerprint density at radius 3 is 2.54 bits per heavy atom. The number of benzene rings is 1. The van der Waals surface area contributed by atoms with Crippen molar-refractivity contribution in [3.8, 4) is 0 Å². The molecule has 0 aliphatic heterocycles. The van der Waals surface area contributed by atoms with Crippen molar-refractivity contribution in [2.45, 2.75) is 6.92 Å². The third-order valence-electron chi connectivity index (χ3n) is 1.59. The summed E-state index contributed by atoms with van der Waals surface area (Å²) in [5.41, 5.74) is 1.63. The summed E-state index contributed by atoms with van der Waals surface area (Å²) in [7, 11) is 0. The van der Waals surface area contributed by atoms with Gasteiger partial charge in [-0.2, -0.15) is 0 Å². The molecule has 0 heterocycles. The highest BCUT2D eigenvalue weighted by Gasteiger charge is 1.96. The smallest absolute Gasteiger partial charge is 0.0906 e. The van der Waals surface area contributed by atoms with Crippen LogP contribution < -0.4 is 0 Å². The van der Waals surface area contributed by atoms with E-state index in [2.05, 4.69) is 21.1 Å². The Morgan fingerprint density at radius 1 is 1.38 bits per heavy atom. The Labute approximate surface area is 85.7 Å². The van der Waals surface area contributed by atoms with Gasteiger partial charge in [0.15, 0.2) is 0 Å². The largest absolute Gasteiger partial charge is 0.411 e. The SMILES string of the molecule is CC(=N/O)/C(Br)=C\c1ccccc1. The van der Waals surface area contributed by atoms with E-state index in [0.29, 0.717) is 5.71 Å². The van der Waals surface area contributed by atoms with E-state index in [9.17, 15) is 0 Å². The highest BCUT2D eigenvalue weighted by Crippen LogP contribution is 2.13. The Balaban J connectivity index is 2.89. The van der Waals surface area contributed by atoms with Crippen molar-refractivity contribution >= 4 is 27.7 Å². The van der Waals surface area contributed by atoms with Crippen LogP contribution in [0.15, 0.2) is 40.0 Å². The predicted molar refractivity (Wildman–Crippen MR) is 58.2 cm³/mol. The van der Waals surface area contributed by atoms with Crippen LogP contribution in [0.25, 0.3) is 6.08 Å². The van der Waals surface area contributed by atoms with Gasteiger partial charge in [0.2, 0.25) is 0 Å². The maximum atomic E-state index is 8.50. The Bertz CT molecular complexity index is 330. The summed E-state index contributed by atoms with van der Waals surface area (Å²) in [6.07, 6.45) is 1.90. The molecule has 0 radical (unpaired) electrons. The van der Waals surface area contributed by atoms with Gasteiger partial charge in [-0.3, -0.25) is 0 Å². The maximum absolute atomic E-state index is 8.50. The molecular formula is C10H10BrNO. The van der Waals surface area contributed by atoms with Gasteiger partial charge in [-0.05, 0) is 34.5 Å². The van der Waals surface area contributed by atoms with Crippen LogP contribution in [-0.4, -0.2) is 10.9 Å². The van der Waals surface area contributed by atoms with Crippen molar-refractivity contribution in [3.05, 3.63) is 40.4 Å². The molecule has 1 aromatic rings. The highest BCUT2D eigenvalue weighted by molar-refractivity contribution is 9.12. The molecule has 68 valence electrons. The second-order valence-corrected chi connectivity index (χ2v) is 3.44. The van der Waals surface area contributed by atoms with Gasteiger partial charge in [0, 0.05) is 4.48 Å². The molecule has 0 unspecified atom stereocenters. The van der Waals surface area contributed by atoms with E-state index in [1.54, 1.807) is 6.92 Å². The monoisotopic (exact) mass is 239 g/mol. The van der Waals surface area contributed by atoms with Crippen LogP contribution in [-0.2, 0) is 0 Å². The lowest BCUT2D eigenvalue weighted by Gasteiger charge is -1.96. The lowest BCUT2D eigenvalue weighted by molar-refractivity contribution is 0.319. The molecule has 0 atom stereocenters. The topological polar surface area (TPSA) is 32.6 Å². The molecule has 0 aliphatic rings. The van der Waals surface area contributed by atoms with E-state index >= 15 is 0 Å². The van der Waals surface area contributed by atoms with Gasteiger partial charge in [-0.15, -0.1) is 0 Å². The summed E-state index contributed by atoms with van der Waals surface area (Å²) in [6.45, 7) is 1.73. The number of nitrogens with zero attached hydrogens (tertiary/aromatic N) is 1. The van der Waals surface area contributed by atoms with Crippen LogP contribution in [0.4, 0.5) is 0 Å². The molecule has 0 spiro atoms. The molecule has 1 rings (SSSR count). The maximum Gasteiger partial charge on any atom is 0.0906 e. The molecule has 0 aliphatic carbocycles. The Kier molecular flexibility index (Phi) is 3.71. The van der Waals surface area contributed by atoms with Gasteiger partial charge in [0.25, 0.3) is 0 Å². The lowest BCUT2D eigenvalue weighted by atomic mass is 10.2. The van der Waals surface area contributed by atoms with E-state index in [1.807, 2.05) is 36.4 Å². The van der Waals surface area contributed by atoms with Crippen LogP contribution in [0.5, 0.6) is 0 Å². The standard InChI is InChI=1S/C10H10BrNO/c1-8(12-13)10(11)7-9-5-3-2-4-6-9/h2-7,13H,1H3/b10-7+,12-8-. The Morgan fingerprint density at radius 2 is 2.00 bits per heavy atom. The first-order chi connectivity index (χ1) is 6.24. The second-order valence-electron chi connectivity index (χ2n) is 2.59. The predicted octanol–water partition coefficient (Wildman–Crippen LogP) is 3.27. The van der Waals surface area contributed by atoms with Gasteiger partial charge < -0.3 is 5.21 Å². The first-order valence-electron chi connectivity index (χ1n) is 3.85. The molecule has 0 saturated carbocycles. The third-order valence-corrected chi connectivity index (χ3v) is 2.39. The van der Waals surface area contributed by atoms with E-state index in [1.165, 1.54) is 0 Å². The highest BCUT2D eigenvalue weighted by atomic mass is 79.9. The summed E-state index contributed by atoms with van der Waals surface area (Å²) in [4.78, 5) is 0. The second kappa shape index (κ2) is 4.82. The van der Waals surface area contributed by atoms with Crippen LogP contribution >= 0.6 is 15.9 Å². The van der Waals surface area contributed by atoms with Crippen molar-refractivity contribution in [1.82, 2.24) is 0 Å². The van der Waals surface area contributed by atoms with Gasteiger partial charge in [-0.1, -0.05) is 35.5 Å². The quantitative estimate of drug-likeness (QED) is 0.480. The molecule has 0 bridgehead atoms. The summed E-state index contributed by atoms with van der Waals surface area (Å²) in [5.74, 6) is 0. The summed E-state index contributed by atoms with van der Waals surface area (Å²) < 4.78 is 0.779. The third kappa shape index (κ3) is 3.03. The summed E-state index contributed by atoms with van der Waals surface area (Å²) in [5, 5.41) is 11.6. The number of allylic oxidation sites excluding steroid dienone is 1. The fourth-order valence-corrected chi connectivity index (χ4v) is 1.19. The number of rotatable bonds is 2. The van der Waals surface area contributed by atoms with Crippen molar-refractivity contribution < 1.29 is 5.21 Å². The number of hydrogen-bond donors (Lipinski definition) is 1. The molecule has 0 amide bonds. The molecule has 3 heteroatoms. The van der Waals surface area contributed by atoms with Crippen molar-refractivity contribution in [1.29, 1.82) is 0 Å². The molecule has 1 N–H and O–H groups in total. The van der Waals surface area contributed by atoms with E-state index in [0.717, 1.165) is 10.0 Å². The average Bonchev–Trinajstić information content (AvgIpc) is 2.18. The van der Waals surface area contributed by atoms with E-state index in [-0.39, 0.29) is 0 Å². The van der Waals surface area contributed by atoms with Crippen molar-refractivity contribution in [2.24, 2.45) is 5.16 Å². The van der Waals surface area contributed by atoms with Crippen molar-refractivity contribution in [3.63, 3.8) is 0 Å². The zero-order valence-electron chi connectivity index (χ0n) is 7.24.